The summed E-state index contributed by atoms with van der Waals surface area (Å²) >= 11 is 0. The van der Waals surface area contributed by atoms with Gasteiger partial charge in [-0.2, -0.15) is 18.3 Å². The lowest BCUT2D eigenvalue weighted by Crippen LogP contribution is -2.65. The van der Waals surface area contributed by atoms with E-state index < -0.39 is 11.9 Å². The van der Waals surface area contributed by atoms with Crippen molar-refractivity contribution in [1.82, 2.24) is 14.7 Å². The van der Waals surface area contributed by atoms with Crippen molar-refractivity contribution in [3.8, 4) is 0 Å². The summed E-state index contributed by atoms with van der Waals surface area (Å²) in [5, 5.41) is 12.8. The predicted molar refractivity (Wildman–Crippen MR) is 79.8 cm³/mol. The maximum Gasteiger partial charge on any atom is 0.435 e. The highest BCUT2D eigenvalue weighted by molar-refractivity contribution is 5.80. The summed E-state index contributed by atoms with van der Waals surface area (Å²) in [7, 11) is 0. The standard InChI is InChI=1S/C16H22F3N3O2/c1-2-12(8-23)14(24)21-9-15(10-21)5-11(6-15)7-22-4-3-13(20-22)16(17,18)19/h3-4,11-12,23H,2,5-10H2,1H3/t12-/m1/s1. The Hall–Kier alpha value is -1.57. The molecule has 1 amide bonds. The number of amides is 1. The van der Waals surface area contributed by atoms with Crippen molar-refractivity contribution in [2.75, 3.05) is 19.7 Å². The van der Waals surface area contributed by atoms with Crippen LogP contribution in [0.1, 0.15) is 31.9 Å². The van der Waals surface area contributed by atoms with Gasteiger partial charge in [-0.25, -0.2) is 0 Å². The first-order valence-corrected chi connectivity index (χ1v) is 8.26. The van der Waals surface area contributed by atoms with Gasteiger partial charge in [-0.15, -0.1) is 0 Å². The van der Waals surface area contributed by atoms with Crippen LogP contribution in [0.25, 0.3) is 0 Å². The molecule has 134 valence electrons. The molecule has 1 saturated heterocycles. The van der Waals surface area contributed by atoms with E-state index in [1.165, 1.54) is 10.9 Å². The lowest BCUT2D eigenvalue weighted by atomic mass is 9.57. The second-order valence-electron chi connectivity index (χ2n) is 7.18. The van der Waals surface area contributed by atoms with E-state index in [4.69, 9.17) is 0 Å². The monoisotopic (exact) mass is 345 g/mol. The van der Waals surface area contributed by atoms with E-state index in [1.807, 2.05) is 6.92 Å². The molecular weight excluding hydrogens is 323 g/mol. The number of hydrogen-bond acceptors (Lipinski definition) is 3. The molecule has 24 heavy (non-hydrogen) atoms. The molecule has 1 atom stereocenters. The quantitative estimate of drug-likeness (QED) is 0.890. The molecule has 1 aromatic heterocycles. The van der Waals surface area contributed by atoms with E-state index in [9.17, 15) is 23.1 Å². The van der Waals surface area contributed by atoms with Crippen LogP contribution in [0, 0.1) is 17.3 Å². The third kappa shape index (κ3) is 3.16. The van der Waals surface area contributed by atoms with Crippen LogP contribution in [0.2, 0.25) is 0 Å². The molecule has 1 aliphatic heterocycles. The van der Waals surface area contributed by atoms with Crippen LogP contribution in [-0.4, -0.2) is 45.4 Å². The Kier molecular flexibility index (Phi) is 4.36. The van der Waals surface area contributed by atoms with Crippen LogP contribution in [0.5, 0.6) is 0 Å². The Morgan fingerprint density at radius 1 is 1.46 bits per heavy atom. The van der Waals surface area contributed by atoms with E-state index in [1.54, 1.807) is 4.90 Å². The maximum absolute atomic E-state index is 12.5. The smallest absolute Gasteiger partial charge is 0.396 e. The number of aliphatic hydroxyl groups excluding tert-OH is 1. The maximum atomic E-state index is 12.5. The Balaban J connectivity index is 1.46. The van der Waals surface area contributed by atoms with Crippen molar-refractivity contribution in [2.24, 2.45) is 17.3 Å². The van der Waals surface area contributed by atoms with Crippen molar-refractivity contribution in [1.29, 1.82) is 0 Å². The molecule has 5 nitrogen and oxygen atoms in total. The molecule has 1 N–H and O–H groups in total. The second kappa shape index (κ2) is 6.06. The second-order valence-corrected chi connectivity index (χ2v) is 7.18. The van der Waals surface area contributed by atoms with Crippen LogP contribution in [-0.2, 0) is 17.5 Å². The molecule has 1 saturated carbocycles. The highest BCUT2D eigenvalue weighted by Crippen LogP contribution is 2.52. The Morgan fingerprint density at radius 2 is 2.12 bits per heavy atom. The SMILES string of the molecule is CC[C@H](CO)C(=O)N1CC2(CC(Cn3ccc(C(F)(F)F)n3)C2)C1. The molecule has 8 heteroatoms. The molecular formula is C16H22F3N3O2. The van der Waals surface area contributed by atoms with E-state index in [0.29, 0.717) is 32.0 Å². The van der Waals surface area contributed by atoms with Gasteiger partial charge in [-0.3, -0.25) is 9.48 Å². The number of aliphatic hydroxyl groups is 1. The number of nitrogens with zero attached hydrogens (tertiary/aromatic N) is 3. The van der Waals surface area contributed by atoms with Crippen molar-refractivity contribution in [2.45, 2.75) is 38.9 Å². The van der Waals surface area contributed by atoms with Gasteiger partial charge in [0.25, 0.3) is 0 Å². The van der Waals surface area contributed by atoms with E-state index in [0.717, 1.165) is 18.9 Å². The zero-order chi connectivity index (χ0) is 17.5. The fraction of sp³-hybridized carbons (Fsp3) is 0.750. The zero-order valence-corrected chi connectivity index (χ0v) is 13.6. The first-order valence-electron chi connectivity index (χ1n) is 8.26. The minimum atomic E-state index is -4.40. The van der Waals surface area contributed by atoms with Crippen molar-refractivity contribution >= 4 is 5.91 Å². The average Bonchev–Trinajstić information content (AvgIpc) is 2.89. The summed E-state index contributed by atoms with van der Waals surface area (Å²) in [5.74, 6) is 0.00195. The first kappa shape index (κ1) is 17.3. The minimum Gasteiger partial charge on any atom is -0.396 e. The van der Waals surface area contributed by atoms with Crippen LogP contribution in [0.4, 0.5) is 13.2 Å². The molecule has 1 aliphatic carbocycles. The molecule has 2 aliphatic rings. The van der Waals surface area contributed by atoms with E-state index >= 15 is 0 Å². The minimum absolute atomic E-state index is 0.0102. The van der Waals surface area contributed by atoms with E-state index in [2.05, 4.69) is 5.10 Å². The predicted octanol–water partition coefficient (Wildman–Crippen LogP) is 2.16. The summed E-state index contributed by atoms with van der Waals surface area (Å²) in [5.41, 5.74) is -0.722. The summed E-state index contributed by atoms with van der Waals surface area (Å²) < 4.78 is 39.0. The number of halogens is 3. The highest BCUT2D eigenvalue weighted by atomic mass is 19.4. The van der Waals surface area contributed by atoms with Crippen LogP contribution < -0.4 is 0 Å². The van der Waals surface area contributed by atoms with Gasteiger partial charge in [0.2, 0.25) is 5.91 Å². The largest absolute Gasteiger partial charge is 0.435 e. The third-order valence-corrected chi connectivity index (χ3v) is 5.25. The average molecular weight is 345 g/mol. The third-order valence-electron chi connectivity index (χ3n) is 5.25. The van der Waals surface area contributed by atoms with Gasteiger partial charge in [-0.1, -0.05) is 6.92 Å². The molecule has 0 aromatic carbocycles. The lowest BCUT2D eigenvalue weighted by Gasteiger charge is -2.59. The zero-order valence-electron chi connectivity index (χ0n) is 13.6. The van der Waals surface area contributed by atoms with E-state index in [-0.39, 0.29) is 23.8 Å². The lowest BCUT2D eigenvalue weighted by molar-refractivity contribution is -0.161. The Bertz CT molecular complexity index is 596. The molecule has 2 heterocycles. The topological polar surface area (TPSA) is 58.4 Å². The van der Waals surface area contributed by atoms with Gasteiger partial charge in [-0.05, 0) is 31.2 Å². The van der Waals surface area contributed by atoms with Crippen LogP contribution >= 0.6 is 0 Å². The number of carbonyl (C=O) groups is 1. The highest BCUT2D eigenvalue weighted by Gasteiger charge is 2.54. The van der Waals surface area contributed by atoms with Crippen molar-refractivity contribution in [3.05, 3.63) is 18.0 Å². The Morgan fingerprint density at radius 3 is 2.62 bits per heavy atom. The number of hydrogen-bond donors (Lipinski definition) is 1. The number of alkyl halides is 3. The van der Waals surface area contributed by atoms with Gasteiger partial charge in [0.1, 0.15) is 0 Å². The van der Waals surface area contributed by atoms with Crippen molar-refractivity contribution < 1.29 is 23.1 Å². The molecule has 0 radical (unpaired) electrons. The number of rotatable bonds is 5. The number of likely N-dealkylation sites (tertiary alicyclic amines) is 1. The summed E-state index contributed by atoms with van der Waals surface area (Å²) in [6, 6.07) is 0.998. The van der Waals surface area contributed by atoms with Gasteiger partial charge in [0, 0.05) is 31.2 Å². The summed E-state index contributed by atoms with van der Waals surface area (Å²) in [6.45, 7) is 3.65. The van der Waals surface area contributed by atoms with Gasteiger partial charge < -0.3 is 10.0 Å². The van der Waals surface area contributed by atoms with Crippen LogP contribution in [0.3, 0.4) is 0 Å². The molecule has 0 bridgehead atoms. The Labute approximate surface area is 138 Å². The molecule has 2 fully saturated rings. The molecule has 1 aromatic rings. The van der Waals surface area contributed by atoms with Crippen LogP contribution in [0.15, 0.2) is 12.3 Å². The first-order chi connectivity index (χ1) is 11.3. The molecule has 0 unspecified atom stereocenters. The summed E-state index contributed by atoms with van der Waals surface area (Å²) in [6.07, 6.45) is -0.578. The van der Waals surface area contributed by atoms with Gasteiger partial charge in [0.15, 0.2) is 5.69 Å². The molecule has 1 spiro atoms. The fourth-order valence-electron chi connectivity index (χ4n) is 3.99. The van der Waals surface area contributed by atoms with Gasteiger partial charge >= 0.3 is 6.18 Å². The fourth-order valence-corrected chi connectivity index (χ4v) is 3.99. The number of carbonyl (C=O) groups excluding carboxylic acids is 1. The van der Waals surface area contributed by atoms with Gasteiger partial charge in [0.05, 0.1) is 12.5 Å². The summed E-state index contributed by atoms with van der Waals surface area (Å²) in [4.78, 5) is 13.9. The molecule has 3 rings (SSSR count). The normalized spacial score (nSPS) is 21.5. The van der Waals surface area contributed by atoms with Crippen molar-refractivity contribution in [3.63, 3.8) is 0 Å². The number of aromatic nitrogens is 2.